The summed E-state index contributed by atoms with van der Waals surface area (Å²) in [5.74, 6) is -0.276. The average molecular weight is 220 g/mol. The summed E-state index contributed by atoms with van der Waals surface area (Å²) in [6, 6.07) is 6.99. The largest absolute Gasteiger partial charge is 0.380 e. The molecule has 0 bridgehead atoms. The Morgan fingerprint density at radius 3 is 2.88 bits per heavy atom. The lowest BCUT2D eigenvalue weighted by atomic mass is 10.2. The maximum Gasteiger partial charge on any atom is 0.329 e. The number of methoxy groups -OCH3 is 1. The molecule has 84 valence electrons. The highest BCUT2D eigenvalue weighted by molar-refractivity contribution is 6.12. The zero-order valence-electron chi connectivity index (χ0n) is 8.90. The first-order valence-corrected chi connectivity index (χ1v) is 4.90. The Labute approximate surface area is 93.0 Å². The minimum Gasteiger partial charge on any atom is -0.380 e. The van der Waals surface area contributed by atoms with Crippen molar-refractivity contribution < 1.29 is 14.3 Å². The molecule has 0 spiro atoms. The molecule has 0 aromatic heterocycles. The van der Waals surface area contributed by atoms with Crippen LogP contribution in [0, 0.1) is 0 Å². The Morgan fingerprint density at radius 1 is 1.44 bits per heavy atom. The number of imide groups is 1. The van der Waals surface area contributed by atoms with Gasteiger partial charge in [-0.1, -0.05) is 12.1 Å². The first-order chi connectivity index (χ1) is 7.70. The fourth-order valence-corrected chi connectivity index (χ4v) is 1.63. The van der Waals surface area contributed by atoms with Gasteiger partial charge >= 0.3 is 6.03 Å². The summed E-state index contributed by atoms with van der Waals surface area (Å²) in [7, 11) is 1.61. The van der Waals surface area contributed by atoms with E-state index in [1.807, 2.05) is 18.2 Å². The average Bonchev–Trinajstić information content (AvgIpc) is 2.59. The Balaban J connectivity index is 2.23. The van der Waals surface area contributed by atoms with Gasteiger partial charge in [0, 0.05) is 12.8 Å². The number of nitrogens with one attached hydrogen (secondary N) is 1. The summed E-state index contributed by atoms with van der Waals surface area (Å²) in [6.45, 7) is 0.562. The Hall–Kier alpha value is -1.88. The van der Waals surface area contributed by atoms with E-state index in [-0.39, 0.29) is 18.5 Å². The zero-order valence-corrected chi connectivity index (χ0v) is 8.90. The summed E-state index contributed by atoms with van der Waals surface area (Å²) in [5.41, 5.74) is 1.67. The van der Waals surface area contributed by atoms with Crippen molar-refractivity contribution in [3.63, 3.8) is 0 Å². The minimum atomic E-state index is -0.375. The van der Waals surface area contributed by atoms with Gasteiger partial charge in [-0.05, 0) is 17.7 Å². The number of carbonyl (C=O) groups is 2. The standard InChI is InChI=1S/C11H12N2O3/c1-16-7-8-3-2-4-9(5-8)13-6-10(14)12-11(13)15/h2-5H,6-7H2,1H3,(H,12,14,15). The predicted octanol–water partition coefficient (Wildman–Crippen LogP) is 0.889. The lowest BCUT2D eigenvalue weighted by Gasteiger charge is -2.14. The predicted molar refractivity (Wildman–Crippen MR) is 58.0 cm³/mol. The van der Waals surface area contributed by atoms with Crippen molar-refractivity contribution in [3.05, 3.63) is 29.8 Å². The lowest BCUT2D eigenvalue weighted by Crippen LogP contribution is -2.27. The number of nitrogens with zero attached hydrogens (tertiary/aromatic N) is 1. The van der Waals surface area contributed by atoms with Gasteiger partial charge in [0.1, 0.15) is 6.54 Å². The van der Waals surface area contributed by atoms with Gasteiger partial charge in [-0.15, -0.1) is 0 Å². The van der Waals surface area contributed by atoms with Gasteiger partial charge in [0.05, 0.1) is 6.61 Å². The second-order valence-corrected chi connectivity index (χ2v) is 3.54. The Morgan fingerprint density at radius 2 is 2.25 bits per heavy atom. The minimum absolute atomic E-state index is 0.0786. The molecule has 1 aromatic carbocycles. The van der Waals surface area contributed by atoms with Crippen LogP contribution >= 0.6 is 0 Å². The molecule has 1 heterocycles. The highest BCUT2D eigenvalue weighted by atomic mass is 16.5. The van der Waals surface area contributed by atoms with E-state index in [9.17, 15) is 9.59 Å². The summed E-state index contributed by atoms with van der Waals surface area (Å²) in [6.07, 6.45) is 0. The number of hydrogen-bond donors (Lipinski definition) is 1. The zero-order chi connectivity index (χ0) is 11.5. The number of ether oxygens (including phenoxy) is 1. The van der Waals surface area contributed by atoms with Crippen molar-refractivity contribution >= 4 is 17.6 Å². The van der Waals surface area contributed by atoms with E-state index in [0.717, 1.165) is 5.56 Å². The highest BCUT2D eigenvalue weighted by Crippen LogP contribution is 2.18. The molecular weight excluding hydrogens is 208 g/mol. The Bertz CT molecular complexity index is 431. The molecule has 0 unspecified atom stereocenters. The van der Waals surface area contributed by atoms with Gasteiger partial charge in [-0.3, -0.25) is 15.0 Å². The van der Waals surface area contributed by atoms with E-state index in [1.54, 1.807) is 13.2 Å². The van der Waals surface area contributed by atoms with Crippen LogP contribution in [0.25, 0.3) is 0 Å². The highest BCUT2D eigenvalue weighted by Gasteiger charge is 2.27. The number of urea groups is 1. The number of hydrogen-bond acceptors (Lipinski definition) is 3. The maximum atomic E-state index is 11.4. The van der Waals surface area contributed by atoms with E-state index in [4.69, 9.17) is 4.74 Å². The molecule has 0 atom stereocenters. The van der Waals surface area contributed by atoms with E-state index in [1.165, 1.54) is 4.90 Å². The van der Waals surface area contributed by atoms with Gasteiger partial charge in [0.2, 0.25) is 5.91 Å². The van der Waals surface area contributed by atoms with Crippen LogP contribution in [0.5, 0.6) is 0 Å². The van der Waals surface area contributed by atoms with Crippen molar-refractivity contribution in [1.29, 1.82) is 0 Å². The van der Waals surface area contributed by atoms with Gasteiger partial charge < -0.3 is 4.74 Å². The van der Waals surface area contributed by atoms with E-state index in [2.05, 4.69) is 5.32 Å². The number of anilines is 1. The normalized spacial score (nSPS) is 15.4. The van der Waals surface area contributed by atoms with Gasteiger partial charge in [0.15, 0.2) is 0 Å². The molecule has 5 nitrogen and oxygen atoms in total. The van der Waals surface area contributed by atoms with E-state index < -0.39 is 0 Å². The second-order valence-electron chi connectivity index (χ2n) is 3.54. The molecule has 0 aliphatic carbocycles. The second kappa shape index (κ2) is 4.32. The molecule has 1 aromatic rings. The van der Waals surface area contributed by atoms with Crippen LogP contribution in [0.15, 0.2) is 24.3 Å². The molecule has 1 saturated heterocycles. The summed E-state index contributed by atoms with van der Waals surface area (Å²) in [4.78, 5) is 23.9. The van der Waals surface area contributed by atoms with Crippen LogP contribution in [-0.4, -0.2) is 25.6 Å². The van der Waals surface area contributed by atoms with Crippen LogP contribution < -0.4 is 10.2 Å². The van der Waals surface area contributed by atoms with Crippen LogP contribution in [0.2, 0.25) is 0 Å². The van der Waals surface area contributed by atoms with Gasteiger partial charge in [0.25, 0.3) is 0 Å². The fraction of sp³-hybridized carbons (Fsp3) is 0.273. The third kappa shape index (κ3) is 2.04. The molecule has 0 saturated carbocycles. The van der Waals surface area contributed by atoms with Crippen LogP contribution in [-0.2, 0) is 16.1 Å². The molecule has 3 amide bonds. The smallest absolute Gasteiger partial charge is 0.329 e. The van der Waals surface area contributed by atoms with Crippen LogP contribution in [0.3, 0.4) is 0 Å². The van der Waals surface area contributed by atoms with Crippen molar-refractivity contribution in [1.82, 2.24) is 5.32 Å². The molecule has 1 aliphatic heterocycles. The first-order valence-electron chi connectivity index (χ1n) is 4.90. The number of rotatable bonds is 3. The first kappa shape index (κ1) is 10.6. The van der Waals surface area contributed by atoms with Crippen LogP contribution in [0.1, 0.15) is 5.56 Å². The molecule has 1 aliphatic rings. The quantitative estimate of drug-likeness (QED) is 0.769. The van der Waals surface area contributed by atoms with Gasteiger partial charge in [-0.25, -0.2) is 4.79 Å². The topological polar surface area (TPSA) is 58.6 Å². The van der Waals surface area contributed by atoms with E-state index in [0.29, 0.717) is 12.3 Å². The van der Waals surface area contributed by atoms with Gasteiger partial charge in [-0.2, -0.15) is 0 Å². The summed E-state index contributed by atoms with van der Waals surface area (Å²) in [5, 5.41) is 2.23. The molecule has 2 rings (SSSR count). The molecule has 0 radical (unpaired) electrons. The maximum absolute atomic E-state index is 11.4. The molecular formula is C11H12N2O3. The summed E-state index contributed by atoms with van der Waals surface area (Å²) >= 11 is 0. The van der Waals surface area contributed by atoms with Crippen molar-refractivity contribution in [3.8, 4) is 0 Å². The third-order valence-corrected chi connectivity index (χ3v) is 2.33. The van der Waals surface area contributed by atoms with Crippen LogP contribution in [0.4, 0.5) is 10.5 Å². The number of amides is 3. The SMILES string of the molecule is COCc1cccc(N2CC(=O)NC2=O)c1. The van der Waals surface area contributed by atoms with Crippen molar-refractivity contribution in [2.75, 3.05) is 18.6 Å². The Kier molecular flexibility index (Phi) is 2.87. The van der Waals surface area contributed by atoms with Crippen molar-refractivity contribution in [2.45, 2.75) is 6.61 Å². The molecule has 1 N–H and O–H groups in total. The molecule has 5 heteroatoms. The van der Waals surface area contributed by atoms with Crippen molar-refractivity contribution in [2.24, 2.45) is 0 Å². The molecule has 16 heavy (non-hydrogen) atoms. The number of carbonyl (C=O) groups excluding carboxylic acids is 2. The van der Waals surface area contributed by atoms with E-state index >= 15 is 0 Å². The molecule has 1 fully saturated rings. The summed E-state index contributed by atoms with van der Waals surface area (Å²) < 4.78 is 5.01. The third-order valence-electron chi connectivity index (χ3n) is 2.33. The lowest BCUT2D eigenvalue weighted by molar-refractivity contribution is -0.117. The number of benzene rings is 1. The fourth-order valence-electron chi connectivity index (χ4n) is 1.63. The monoisotopic (exact) mass is 220 g/mol.